The minimum Gasteiger partial charge on any atom is -0.300 e. The summed E-state index contributed by atoms with van der Waals surface area (Å²) in [5, 5.41) is 0.847. The summed E-state index contributed by atoms with van der Waals surface area (Å²) in [5.41, 5.74) is 1.48. The molecular formula is C14H18ClN. The molecule has 1 nitrogen and oxygen atoms in total. The van der Waals surface area contributed by atoms with E-state index in [1.165, 1.54) is 31.2 Å². The van der Waals surface area contributed by atoms with Crippen LogP contribution in [0.25, 0.3) is 0 Å². The molecule has 2 heterocycles. The van der Waals surface area contributed by atoms with Crippen molar-refractivity contribution in [2.24, 2.45) is 0 Å². The van der Waals surface area contributed by atoms with E-state index in [9.17, 15) is 0 Å². The van der Waals surface area contributed by atoms with Crippen molar-refractivity contribution in [1.29, 1.82) is 0 Å². The van der Waals surface area contributed by atoms with Crippen LogP contribution in [0.4, 0.5) is 0 Å². The Balaban J connectivity index is 1.80. The first-order valence-corrected chi connectivity index (χ1v) is 6.59. The van der Waals surface area contributed by atoms with E-state index < -0.39 is 0 Å². The Kier molecular flexibility index (Phi) is 2.68. The van der Waals surface area contributed by atoms with Gasteiger partial charge in [0.05, 0.1) is 0 Å². The maximum atomic E-state index is 5.94. The topological polar surface area (TPSA) is 3.24 Å². The Morgan fingerprint density at radius 3 is 2.19 bits per heavy atom. The lowest BCUT2D eigenvalue weighted by atomic mass is 9.85. The van der Waals surface area contributed by atoms with Gasteiger partial charge in [-0.25, -0.2) is 0 Å². The Morgan fingerprint density at radius 1 is 1.06 bits per heavy atom. The summed E-state index contributed by atoms with van der Waals surface area (Å²) in [6, 6.07) is 10.1. The monoisotopic (exact) mass is 235 g/mol. The first kappa shape index (κ1) is 10.6. The minimum atomic E-state index is 0.756. The zero-order valence-electron chi connectivity index (χ0n) is 9.70. The molecule has 1 aromatic carbocycles. The Bertz CT molecular complexity index is 359. The van der Waals surface area contributed by atoms with Crippen molar-refractivity contribution in [2.45, 2.75) is 43.7 Å². The number of hydrogen-bond donors (Lipinski definition) is 0. The van der Waals surface area contributed by atoms with Gasteiger partial charge in [-0.1, -0.05) is 23.7 Å². The zero-order chi connectivity index (χ0) is 11.1. The molecular weight excluding hydrogens is 218 g/mol. The highest BCUT2D eigenvalue weighted by Gasteiger charge is 2.38. The van der Waals surface area contributed by atoms with Crippen LogP contribution in [0.3, 0.4) is 0 Å². The summed E-state index contributed by atoms with van der Waals surface area (Å²) in [6.45, 7) is 0. The molecule has 2 bridgehead atoms. The molecule has 0 aliphatic carbocycles. The molecule has 0 saturated carbocycles. The summed E-state index contributed by atoms with van der Waals surface area (Å²) < 4.78 is 0. The fourth-order valence-corrected chi connectivity index (χ4v) is 3.54. The van der Waals surface area contributed by atoms with E-state index in [4.69, 9.17) is 11.6 Å². The highest BCUT2D eigenvalue weighted by molar-refractivity contribution is 6.30. The molecule has 16 heavy (non-hydrogen) atoms. The van der Waals surface area contributed by atoms with Crippen molar-refractivity contribution in [2.75, 3.05) is 7.05 Å². The third kappa shape index (κ3) is 1.76. The van der Waals surface area contributed by atoms with Crippen molar-refractivity contribution in [3.8, 4) is 0 Å². The van der Waals surface area contributed by atoms with Crippen LogP contribution in [-0.4, -0.2) is 24.0 Å². The average molecular weight is 236 g/mol. The zero-order valence-corrected chi connectivity index (χ0v) is 10.5. The smallest absolute Gasteiger partial charge is 0.0406 e. The van der Waals surface area contributed by atoms with Crippen LogP contribution in [0, 0.1) is 0 Å². The van der Waals surface area contributed by atoms with Gasteiger partial charge in [-0.15, -0.1) is 0 Å². The second kappa shape index (κ2) is 4.05. The first-order chi connectivity index (χ1) is 7.74. The van der Waals surface area contributed by atoms with Gasteiger partial charge < -0.3 is 4.90 Å². The molecule has 1 aromatic rings. The standard InChI is InChI=1S/C14H18ClN/c1-16-13-6-7-14(16)9-11(8-13)10-2-4-12(15)5-3-10/h2-5,11,13-14H,6-9H2,1H3. The van der Waals surface area contributed by atoms with E-state index in [1.807, 2.05) is 12.1 Å². The largest absolute Gasteiger partial charge is 0.300 e. The number of fused-ring (bicyclic) bond motifs is 2. The number of piperidine rings is 1. The molecule has 0 N–H and O–H groups in total. The average Bonchev–Trinajstić information content (AvgIpc) is 2.54. The summed E-state index contributed by atoms with van der Waals surface area (Å²) >= 11 is 5.94. The van der Waals surface area contributed by atoms with Crippen LogP contribution < -0.4 is 0 Å². The number of nitrogens with zero attached hydrogens (tertiary/aromatic N) is 1. The van der Waals surface area contributed by atoms with Crippen molar-refractivity contribution < 1.29 is 0 Å². The molecule has 2 atom stereocenters. The lowest BCUT2D eigenvalue weighted by molar-refractivity contribution is 0.161. The van der Waals surface area contributed by atoms with Crippen LogP contribution in [0.5, 0.6) is 0 Å². The van der Waals surface area contributed by atoms with E-state index in [-0.39, 0.29) is 0 Å². The number of rotatable bonds is 1. The molecule has 0 radical (unpaired) electrons. The number of hydrogen-bond acceptors (Lipinski definition) is 1. The van der Waals surface area contributed by atoms with Crippen LogP contribution in [-0.2, 0) is 0 Å². The molecule has 0 amide bonds. The van der Waals surface area contributed by atoms with E-state index >= 15 is 0 Å². The van der Waals surface area contributed by atoms with Crippen molar-refractivity contribution in [1.82, 2.24) is 4.90 Å². The van der Waals surface area contributed by atoms with Gasteiger partial charge in [0.15, 0.2) is 0 Å². The van der Waals surface area contributed by atoms with Crippen LogP contribution >= 0.6 is 11.6 Å². The maximum absolute atomic E-state index is 5.94. The summed E-state index contributed by atoms with van der Waals surface area (Å²) in [7, 11) is 2.29. The molecule has 0 spiro atoms. The van der Waals surface area contributed by atoms with E-state index in [1.54, 1.807) is 0 Å². The fraction of sp³-hybridized carbons (Fsp3) is 0.571. The van der Waals surface area contributed by atoms with Gasteiger partial charge in [-0.3, -0.25) is 0 Å². The number of halogens is 1. The molecule has 3 rings (SSSR count). The molecule has 2 aliphatic rings. The normalized spacial score (nSPS) is 34.2. The maximum Gasteiger partial charge on any atom is 0.0406 e. The van der Waals surface area contributed by atoms with Gasteiger partial charge in [0, 0.05) is 17.1 Å². The van der Waals surface area contributed by atoms with Crippen molar-refractivity contribution in [3.05, 3.63) is 34.9 Å². The molecule has 2 unspecified atom stereocenters. The van der Waals surface area contributed by atoms with Crippen molar-refractivity contribution >= 4 is 11.6 Å². The van der Waals surface area contributed by atoms with Crippen molar-refractivity contribution in [3.63, 3.8) is 0 Å². The van der Waals surface area contributed by atoms with E-state index in [0.717, 1.165) is 23.0 Å². The van der Waals surface area contributed by atoms with E-state index in [0.29, 0.717) is 0 Å². The molecule has 2 fully saturated rings. The highest BCUT2D eigenvalue weighted by atomic mass is 35.5. The Labute approximate surface area is 102 Å². The lowest BCUT2D eigenvalue weighted by Crippen LogP contribution is -2.39. The SMILES string of the molecule is CN1C2CCC1CC(c1ccc(Cl)cc1)C2. The van der Waals surface area contributed by atoms with Gasteiger partial charge in [-0.05, 0) is 56.3 Å². The fourth-order valence-electron chi connectivity index (χ4n) is 3.42. The second-order valence-electron chi connectivity index (χ2n) is 5.27. The highest BCUT2D eigenvalue weighted by Crippen LogP contribution is 2.42. The predicted octanol–water partition coefficient (Wildman–Crippen LogP) is 3.68. The molecule has 2 aliphatic heterocycles. The first-order valence-electron chi connectivity index (χ1n) is 6.21. The lowest BCUT2D eigenvalue weighted by Gasteiger charge is -2.36. The van der Waals surface area contributed by atoms with Gasteiger partial charge in [-0.2, -0.15) is 0 Å². The predicted molar refractivity (Wildman–Crippen MR) is 68.0 cm³/mol. The summed E-state index contributed by atoms with van der Waals surface area (Å²) in [4.78, 5) is 2.59. The molecule has 86 valence electrons. The quantitative estimate of drug-likeness (QED) is 0.718. The number of benzene rings is 1. The van der Waals surface area contributed by atoms with Crippen LogP contribution in [0.15, 0.2) is 24.3 Å². The molecule has 2 heteroatoms. The van der Waals surface area contributed by atoms with Gasteiger partial charge in [0.25, 0.3) is 0 Å². The van der Waals surface area contributed by atoms with Crippen LogP contribution in [0.1, 0.15) is 37.2 Å². The molecule has 0 aromatic heterocycles. The third-order valence-corrected chi connectivity index (χ3v) is 4.69. The second-order valence-corrected chi connectivity index (χ2v) is 5.71. The van der Waals surface area contributed by atoms with Gasteiger partial charge in [0.1, 0.15) is 0 Å². The third-order valence-electron chi connectivity index (χ3n) is 4.44. The van der Waals surface area contributed by atoms with Gasteiger partial charge in [0.2, 0.25) is 0 Å². The molecule has 2 saturated heterocycles. The Morgan fingerprint density at radius 2 is 1.62 bits per heavy atom. The minimum absolute atomic E-state index is 0.756. The van der Waals surface area contributed by atoms with E-state index in [2.05, 4.69) is 24.1 Å². The van der Waals surface area contributed by atoms with Crippen LogP contribution in [0.2, 0.25) is 5.02 Å². The summed E-state index contributed by atoms with van der Waals surface area (Å²) in [6.07, 6.45) is 5.44. The Hall–Kier alpha value is -0.530. The van der Waals surface area contributed by atoms with Gasteiger partial charge >= 0.3 is 0 Å². The summed E-state index contributed by atoms with van der Waals surface area (Å²) in [5.74, 6) is 0.756.